The van der Waals surface area contributed by atoms with E-state index in [0.717, 1.165) is 13.1 Å². The maximum Gasteiger partial charge on any atom is 0.276 e. The molecule has 19 heavy (non-hydrogen) atoms. The zero-order chi connectivity index (χ0) is 12.8. The fourth-order valence-electron chi connectivity index (χ4n) is 3.56. The van der Waals surface area contributed by atoms with E-state index in [2.05, 4.69) is 9.97 Å². The highest BCUT2D eigenvalue weighted by Crippen LogP contribution is 2.38. The molecule has 1 amide bonds. The van der Waals surface area contributed by atoms with Crippen molar-refractivity contribution in [2.75, 3.05) is 13.1 Å². The van der Waals surface area contributed by atoms with Crippen molar-refractivity contribution in [3.05, 3.63) is 30.5 Å². The van der Waals surface area contributed by atoms with E-state index in [-0.39, 0.29) is 5.91 Å². The Bertz CT molecular complexity index is 623. The molecular formula is C14H16N4O. The maximum absolute atomic E-state index is 12.6. The van der Waals surface area contributed by atoms with Crippen molar-refractivity contribution in [2.45, 2.75) is 19.3 Å². The molecule has 4 rings (SSSR count). The van der Waals surface area contributed by atoms with E-state index in [0.29, 0.717) is 23.2 Å². The minimum Gasteiger partial charge on any atom is -0.337 e. The normalized spacial score (nSPS) is 26.0. The molecule has 98 valence electrons. The van der Waals surface area contributed by atoms with Crippen LogP contribution in [-0.2, 0) is 0 Å². The van der Waals surface area contributed by atoms with Crippen LogP contribution in [0, 0.1) is 11.8 Å². The highest BCUT2D eigenvalue weighted by Gasteiger charge is 2.38. The molecule has 5 nitrogen and oxygen atoms in total. The van der Waals surface area contributed by atoms with Gasteiger partial charge in [-0.1, -0.05) is 6.42 Å². The summed E-state index contributed by atoms with van der Waals surface area (Å²) in [4.78, 5) is 23.0. The van der Waals surface area contributed by atoms with Gasteiger partial charge in [-0.3, -0.25) is 4.79 Å². The molecule has 2 aliphatic rings. The third-order valence-electron chi connectivity index (χ3n) is 4.53. The van der Waals surface area contributed by atoms with E-state index < -0.39 is 0 Å². The van der Waals surface area contributed by atoms with Crippen LogP contribution in [0.15, 0.2) is 24.8 Å². The number of hydrogen-bond donors (Lipinski definition) is 0. The van der Waals surface area contributed by atoms with Crippen molar-refractivity contribution in [3.8, 4) is 0 Å². The van der Waals surface area contributed by atoms with Crippen LogP contribution in [0.25, 0.3) is 5.65 Å². The van der Waals surface area contributed by atoms with Gasteiger partial charge in [-0.2, -0.15) is 0 Å². The second-order valence-corrected chi connectivity index (χ2v) is 5.60. The number of likely N-dealkylation sites (tertiary alicyclic amines) is 1. The number of nitrogens with zero attached hydrogens (tertiary/aromatic N) is 4. The van der Waals surface area contributed by atoms with Gasteiger partial charge in [0.1, 0.15) is 0 Å². The highest BCUT2D eigenvalue weighted by atomic mass is 16.2. The molecule has 0 unspecified atom stereocenters. The van der Waals surface area contributed by atoms with Crippen molar-refractivity contribution < 1.29 is 4.79 Å². The number of carbonyl (C=O) groups excluding carboxylic acids is 1. The molecule has 2 aromatic heterocycles. The number of aromatic nitrogens is 3. The van der Waals surface area contributed by atoms with Gasteiger partial charge in [0.15, 0.2) is 11.3 Å². The quantitative estimate of drug-likeness (QED) is 0.778. The summed E-state index contributed by atoms with van der Waals surface area (Å²) in [5.41, 5.74) is 1.14. The molecule has 1 aliphatic heterocycles. The lowest BCUT2D eigenvalue weighted by Gasteiger charge is -2.16. The molecule has 5 heteroatoms. The Hall–Kier alpha value is -1.91. The molecule has 0 N–H and O–H groups in total. The third-order valence-corrected chi connectivity index (χ3v) is 4.53. The van der Waals surface area contributed by atoms with Gasteiger partial charge in [0, 0.05) is 37.9 Å². The molecule has 1 aliphatic carbocycles. The SMILES string of the molecule is O=C(c1nccn2ccnc12)N1C[C@H]2CCC[C@H]2C1. The van der Waals surface area contributed by atoms with Gasteiger partial charge in [0.25, 0.3) is 5.91 Å². The first-order valence-electron chi connectivity index (χ1n) is 6.90. The van der Waals surface area contributed by atoms with Crippen LogP contribution in [0.1, 0.15) is 29.8 Å². The van der Waals surface area contributed by atoms with E-state index in [4.69, 9.17) is 0 Å². The van der Waals surface area contributed by atoms with Crippen LogP contribution >= 0.6 is 0 Å². The molecule has 1 saturated carbocycles. The third kappa shape index (κ3) is 1.64. The first kappa shape index (κ1) is 11.0. The summed E-state index contributed by atoms with van der Waals surface area (Å²) < 4.78 is 1.84. The van der Waals surface area contributed by atoms with Crippen LogP contribution in [0.5, 0.6) is 0 Å². The zero-order valence-corrected chi connectivity index (χ0v) is 10.7. The Morgan fingerprint density at radius 2 is 1.79 bits per heavy atom. The minimum atomic E-state index is 0.0335. The van der Waals surface area contributed by atoms with Gasteiger partial charge >= 0.3 is 0 Å². The summed E-state index contributed by atoms with van der Waals surface area (Å²) in [6.45, 7) is 1.79. The van der Waals surface area contributed by atoms with Crippen LogP contribution < -0.4 is 0 Å². The van der Waals surface area contributed by atoms with E-state index in [1.807, 2.05) is 21.7 Å². The number of hydrogen-bond acceptors (Lipinski definition) is 3. The van der Waals surface area contributed by atoms with Crippen molar-refractivity contribution >= 4 is 11.6 Å². The van der Waals surface area contributed by atoms with Gasteiger partial charge in [-0.25, -0.2) is 9.97 Å². The molecule has 2 fully saturated rings. The molecule has 0 spiro atoms. The number of imidazole rings is 1. The van der Waals surface area contributed by atoms with Crippen molar-refractivity contribution in [1.29, 1.82) is 0 Å². The van der Waals surface area contributed by atoms with E-state index in [9.17, 15) is 4.79 Å². The van der Waals surface area contributed by atoms with Crippen molar-refractivity contribution in [3.63, 3.8) is 0 Å². The standard InChI is InChI=1S/C14H16N4O/c19-14(18-8-10-2-1-3-11(10)9-18)12-13-16-5-7-17(13)6-4-15-12/h4-7,10-11H,1-3,8-9H2/t10-,11+. The Kier molecular flexibility index (Phi) is 2.33. The Morgan fingerprint density at radius 1 is 1.11 bits per heavy atom. The molecule has 2 aromatic rings. The van der Waals surface area contributed by atoms with Crippen LogP contribution in [0.3, 0.4) is 0 Å². The fourth-order valence-corrected chi connectivity index (χ4v) is 3.56. The molecule has 3 heterocycles. The van der Waals surface area contributed by atoms with Gasteiger partial charge in [0.05, 0.1) is 0 Å². The lowest BCUT2D eigenvalue weighted by atomic mass is 10.0. The van der Waals surface area contributed by atoms with Crippen LogP contribution in [0.2, 0.25) is 0 Å². The molecule has 0 radical (unpaired) electrons. The topological polar surface area (TPSA) is 50.5 Å². The Balaban J connectivity index is 1.65. The first-order valence-corrected chi connectivity index (χ1v) is 6.90. The minimum absolute atomic E-state index is 0.0335. The van der Waals surface area contributed by atoms with Gasteiger partial charge in [-0.05, 0) is 24.7 Å². The lowest BCUT2D eigenvalue weighted by molar-refractivity contribution is 0.0776. The van der Waals surface area contributed by atoms with Crippen molar-refractivity contribution in [2.24, 2.45) is 11.8 Å². The smallest absolute Gasteiger partial charge is 0.276 e. The number of fused-ring (bicyclic) bond motifs is 2. The van der Waals surface area contributed by atoms with Crippen LogP contribution in [0.4, 0.5) is 0 Å². The summed E-state index contributed by atoms with van der Waals surface area (Å²) in [6.07, 6.45) is 10.9. The van der Waals surface area contributed by atoms with Gasteiger partial charge in [0.2, 0.25) is 0 Å². The fraction of sp³-hybridized carbons (Fsp3) is 0.500. The van der Waals surface area contributed by atoms with Gasteiger partial charge < -0.3 is 9.30 Å². The van der Waals surface area contributed by atoms with E-state index >= 15 is 0 Å². The average Bonchev–Trinajstić information content (AvgIpc) is 3.11. The molecule has 2 atom stereocenters. The highest BCUT2D eigenvalue weighted by molar-refractivity contribution is 5.97. The molecular weight excluding hydrogens is 240 g/mol. The van der Waals surface area contributed by atoms with E-state index in [1.165, 1.54) is 19.3 Å². The summed E-state index contributed by atoms with van der Waals surface area (Å²) >= 11 is 0. The molecule has 0 aromatic carbocycles. The van der Waals surface area contributed by atoms with Crippen molar-refractivity contribution in [1.82, 2.24) is 19.3 Å². The Labute approximate surface area is 111 Å². The molecule has 0 bridgehead atoms. The van der Waals surface area contributed by atoms with Crippen LogP contribution in [-0.4, -0.2) is 38.3 Å². The maximum atomic E-state index is 12.6. The lowest BCUT2D eigenvalue weighted by Crippen LogP contribution is -2.30. The number of rotatable bonds is 1. The second-order valence-electron chi connectivity index (χ2n) is 5.60. The average molecular weight is 256 g/mol. The van der Waals surface area contributed by atoms with Gasteiger partial charge in [-0.15, -0.1) is 0 Å². The number of carbonyl (C=O) groups is 1. The van der Waals surface area contributed by atoms with E-state index in [1.54, 1.807) is 12.4 Å². The summed E-state index contributed by atoms with van der Waals surface area (Å²) in [5, 5.41) is 0. The first-order chi connectivity index (χ1) is 9.33. The molecule has 1 saturated heterocycles. The number of amides is 1. The largest absolute Gasteiger partial charge is 0.337 e. The monoisotopic (exact) mass is 256 g/mol. The predicted octanol–water partition coefficient (Wildman–Crippen LogP) is 1.60. The summed E-state index contributed by atoms with van der Waals surface area (Å²) in [6, 6.07) is 0. The predicted molar refractivity (Wildman–Crippen MR) is 69.7 cm³/mol. The summed E-state index contributed by atoms with van der Waals surface area (Å²) in [7, 11) is 0. The second kappa shape index (κ2) is 4.05. The zero-order valence-electron chi connectivity index (χ0n) is 10.7. The Morgan fingerprint density at radius 3 is 2.53 bits per heavy atom. The summed E-state index contributed by atoms with van der Waals surface area (Å²) in [5.74, 6) is 1.46.